The standard InChI is InChI=1S/C14H22N4O/c19-14(12-3-1-4-12)18-8-2-7-17(9-10-18)11-13-15-5-6-16-13/h5-6,12H,1-4,7-11H2,(H,15,16). The minimum atomic E-state index is 0.330. The van der Waals surface area contributed by atoms with E-state index in [2.05, 4.69) is 19.8 Å². The summed E-state index contributed by atoms with van der Waals surface area (Å²) in [6.07, 6.45) is 8.16. The number of nitrogens with one attached hydrogen (secondary N) is 1. The molecule has 0 unspecified atom stereocenters. The maximum atomic E-state index is 12.2. The number of hydrogen-bond donors (Lipinski definition) is 1. The van der Waals surface area contributed by atoms with Crippen molar-refractivity contribution in [2.24, 2.45) is 5.92 Å². The third-order valence-electron chi connectivity index (χ3n) is 4.28. The van der Waals surface area contributed by atoms with Crippen LogP contribution in [-0.2, 0) is 11.3 Å². The first-order valence-electron chi connectivity index (χ1n) is 7.32. The van der Waals surface area contributed by atoms with Crippen molar-refractivity contribution < 1.29 is 4.79 Å². The predicted molar refractivity (Wildman–Crippen MR) is 72.4 cm³/mol. The van der Waals surface area contributed by atoms with Crippen molar-refractivity contribution in [2.45, 2.75) is 32.2 Å². The lowest BCUT2D eigenvalue weighted by atomic mass is 9.84. The number of aromatic amines is 1. The quantitative estimate of drug-likeness (QED) is 0.892. The monoisotopic (exact) mass is 262 g/mol. The summed E-state index contributed by atoms with van der Waals surface area (Å²) in [4.78, 5) is 24.1. The van der Waals surface area contributed by atoms with Crippen LogP contribution in [0.25, 0.3) is 0 Å². The lowest BCUT2D eigenvalue weighted by Gasteiger charge is -2.31. The van der Waals surface area contributed by atoms with Crippen LogP contribution in [0.3, 0.4) is 0 Å². The molecule has 5 heteroatoms. The Hall–Kier alpha value is -1.36. The molecule has 2 heterocycles. The van der Waals surface area contributed by atoms with E-state index in [4.69, 9.17) is 0 Å². The third-order valence-corrected chi connectivity index (χ3v) is 4.28. The largest absolute Gasteiger partial charge is 0.348 e. The summed E-state index contributed by atoms with van der Waals surface area (Å²) in [5.74, 6) is 1.74. The SMILES string of the molecule is O=C(C1CCC1)N1CCCN(Cc2ncc[nH]2)CC1. The Morgan fingerprint density at radius 1 is 1.26 bits per heavy atom. The van der Waals surface area contributed by atoms with Crippen LogP contribution in [0.5, 0.6) is 0 Å². The van der Waals surface area contributed by atoms with Crippen molar-refractivity contribution >= 4 is 5.91 Å². The Morgan fingerprint density at radius 2 is 2.16 bits per heavy atom. The van der Waals surface area contributed by atoms with Crippen LogP contribution in [0.1, 0.15) is 31.5 Å². The van der Waals surface area contributed by atoms with Gasteiger partial charge < -0.3 is 9.88 Å². The molecule has 5 nitrogen and oxygen atoms in total. The van der Waals surface area contributed by atoms with Gasteiger partial charge in [-0.1, -0.05) is 6.42 Å². The molecule has 1 aromatic heterocycles. The van der Waals surface area contributed by atoms with Gasteiger partial charge in [0.25, 0.3) is 0 Å². The van der Waals surface area contributed by atoms with Gasteiger partial charge in [0.2, 0.25) is 5.91 Å². The molecule has 0 aromatic carbocycles. The van der Waals surface area contributed by atoms with Crippen LogP contribution in [0.15, 0.2) is 12.4 Å². The molecule has 1 amide bonds. The van der Waals surface area contributed by atoms with Crippen LogP contribution in [0.2, 0.25) is 0 Å². The fourth-order valence-electron chi connectivity index (χ4n) is 2.86. The van der Waals surface area contributed by atoms with Gasteiger partial charge in [0.05, 0.1) is 6.54 Å². The van der Waals surface area contributed by atoms with E-state index in [1.54, 1.807) is 6.20 Å². The second-order valence-corrected chi connectivity index (χ2v) is 5.62. The van der Waals surface area contributed by atoms with Gasteiger partial charge in [-0.05, 0) is 19.3 Å². The molecule has 0 radical (unpaired) electrons. The normalized spacial score (nSPS) is 22.0. The number of carbonyl (C=O) groups excluding carboxylic acids is 1. The zero-order chi connectivity index (χ0) is 13.1. The number of imidazole rings is 1. The molecular formula is C14H22N4O. The lowest BCUT2D eigenvalue weighted by Crippen LogP contribution is -2.41. The first kappa shape index (κ1) is 12.7. The molecule has 3 rings (SSSR count). The van der Waals surface area contributed by atoms with Gasteiger partial charge in [-0.25, -0.2) is 4.98 Å². The number of carbonyl (C=O) groups is 1. The minimum absolute atomic E-state index is 0.330. The first-order valence-corrected chi connectivity index (χ1v) is 7.32. The van der Waals surface area contributed by atoms with Crippen molar-refractivity contribution in [3.05, 3.63) is 18.2 Å². The molecule has 0 bridgehead atoms. The zero-order valence-electron chi connectivity index (χ0n) is 11.3. The molecule has 19 heavy (non-hydrogen) atoms. The van der Waals surface area contributed by atoms with Crippen LogP contribution in [0.4, 0.5) is 0 Å². The van der Waals surface area contributed by atoms with Crippen LogP contribution >= 0.6 is 0 Å². The fourth-order valence-corrected chi connectivity index (χ4v) is 2.86. The van der Waals surface area contributed by atoms with Crippen molar-refractivity contribution in [3.63, 3.8) is 0 Å². The van der Waals surface area contributed by atoms with E-state index in [1.165, 1.54) is 6.42 Å². The highest BCUT2D eigenvalue weighted by Gasteiger charge is 2.30. The van der Waals surface area contributed by atoms with Gasteiger partial charge >= 0.3 is 0 Å². The smallest absolute Gasteiger partial charge is 0.225 e. The highest BCUT2D eigenvalue weighted by Crippen LogP contribution is 2.28. The van der Waals surface area contributed by atoms with Crippen LogP contribution in [0, 0.1) is 5.92 Å². The number of hydrogen-bond acceptors (Lipinski definition) is 3. The summed E-state index contributed by atoms with van der Waals surface area (Å²) in [5.41, 5.74) is 0. The molecule has 1 aliphatic heterocycles. The molecular weight excluding hydrogens is 240 g/mol. The highest BCUT2D eigenvalue weighted by atomic mass is 16.2. The van der Waals surface area contributed by atoms with Crippen molar-refractivity contribution in [2.75, 3.05) is 26.2 Å². The van der Waals surface area contributed by atoms with E-state index in [1.807, 2.05) is 6.20 Å². The minimum Gasteiger partial charge on any atom is -0.348 e. The predicted octanol–water partition coefficient (Wildman–Crippen LogP) is 1.24. The molecule has 0 atom stereocenters. The van der Waals surface area contributed by atoms with Crippen LogP contribution < -0.4 is 0 Å². The highest BCUT2D eigenvalue weighted by molar-refractivity contribution is 5.79. The van der Waals surface area contributed by atoms with Crippen molar-refractivity contribution in [3.8, 4) is 0 Å². The lowest BCUT2D eigenvalue weighted by molar-refractivity contribution is -0.138. The molecule has 1 saturated carbocycles. The van der Waals surface area contributed by atoms with Gasteiger partial charge in [-0.3, -0.25) is 9.69 Å². The second kappa shape index (κ2) is 5.74. The summed E-state index contributed by atoms with van der Waals surface area (Å²) < 4.78 is 0. The van der Waals surface area contributed by atoms with E-state index in [0.717, 1.165) is 57.8 Å². The van der Waals surface area contributed by atoms with E-state index in [-0.39, 0.29) is 0 Å². The maximum Gasteiger partial charge on any atom is 0.225 e. The first-order chi connectivity index (χ1) is 9.33. The zero-order valence-corrected chi connectivity index (χ0v) is 11.3. The van der Waals surface area contributed by atoms with Gasteiger partial charge in [-0.2, -0.15) is 0 Å². The van der Waals surface area contributed by atoms with E-state index in [9.17, 15) is 4.79 Å². The number of amides is 1. The van der Waals surface area contributed by atoms with Gasteiger partial charge in [0.1, 0.15) is 5.82 Å². The summed E-state index contributed by atoms with van der Waals surface area (Å²) in [6.45, 7) is 4.66. The summed E-state index contributed by atoms with van der Waals surface area (Å²) in [7, 11) is 0. The van der Waals surface area contributed by atoms with Gasteiger partial charge in [0, 0.05) is 44.5 Å². The molecule has 104 valence electrons. The second-order valence-electron chi connectivity index (χ2n) is 5.62. The average molecular weight is 262 g/mol. The van der Waals surface area contributed by atoms with E-state index in [0.29, 0.717) is 11.8 Å². The molecule has 2 aliphatic rings. The Labute approximate surface area is 114 Å². The summed E-state index contributed by atoms with van der Waals surface area (Å²) in [5, 5.41) is 0. The molecule has 2 fully saturated rings. The average Bonchev–Trinajstić information content (AvgIpc) is 2.72. The number of nitrogens with zero attached hydrogens (tertiary/aromatic N) is 3. The molecule has 1 saturated heterocycles. The van der Waals surface area contributed by atoms with Crippen molar-refractivity contribution in [1.29, 1.82) is 0 Å². The Bertz CT molecular complexity index is 413. The Balaban J connectivity index is 1.52. The molecule has 0 spiro atoms. The number of rotatable bonds is 3. The van der Waals surface area contributed by atoms with E-state index >= 15 is 0 Å². The summed E-state index contributed by atoms with van der Waals surface area (Å²) >= 11 is 0. The third kappa shape index (κ3) is 2.97. The maximum absolute atomic E-state index is 12.2. The molecule has 1 N–H and O–H groups in total. The molecule has 1 aromatic rings. The fraction of sp³-hybridized carbons (Fsp3) is 0.714. The van der Waals surface area contributed by atoms with Crippen molar-refractivity contribution in [1.82, 2.24) is 19.8 Å². The van der Waals surface area contributed by atoms with Gasteiger partial charge in [0.15, 0.2) is 0 Å². The van der Waals surface area contributed by atoms with E-state index < -0.39 is 0 Å². The Kier molecular flexibility index (Phi) is 3.82. The number of H-pyrrole nitrogens is 1. The van der Waals surface area contributed by atoms with Gasteiger partial charge in [-0.15, -0.1) is 0 Å². The van der Waals surface area contributed by atoms with Crippen LogP contribution in [-0.4, -0.2) is 51.9 Å². The topological polar surface area (TPSA) is 52.2 Å². The summed E-state index contributed by atoms with van der Waals surface area (Å²) in [6, 6.07) is 0. The number of aromatic nitrogens is 2. The molecule has 1 aliphatic carbocycles. The Morgan fingerprint density at radius 3 is 2.84 bits per heavy atom.